The molecule has 118 valence electrons. The van der Waals surface area contributed by atoms with Gasteiger partial charge in [0, 0.05) is 11.9 Å². The zero-order valence-electron chi connectivity index (χ0n) is 13.2. The molecule has 0 radical (unpaired) electrons. The van der Waals surface area contributed by atoms with Crippen LogP contribution in [0.1, 0.15) is 27.7 Å². The van der Waals surface area contributed by atoms with Crippen LogP contribution in [0.3, 0.4) is 0 Å². The summed E-state index contributed by atoms with van der Waals surface area (Å²) in [5.41, 5.74) is 1.08. The lowest BCUT2D eigenvalue weighted by Crippen LogP contribution is -2.31. The van der Waals surface area contributed by atoms with Gasteiger partial charge in [0.25, 0.3) is 0 Å². The predicted octanol–water partition coefficient (Wildman–Crippen LogP) is 3.22. The molecule has 2 rings (SSSR count). The summed E-state index contributed by atoms with van der Waals surface area (Å²) in [6.07, 6.45) is 3.53. The normalized spacial score (nSPS) is 12.8. The highest BCUT2D eigenvalue weighted by molar-refractivity contribution is 5.96. The number of anilines is 2. The van der Waals surface area contributed by atoms with Crippen molar-refractivity contribution in [2.75, 3.05) is 10.6 Å². The topological polar surface area (TPSA) is 59.0 Å². The molecule has 1 aromatic heterocycles. The second-order valence-electron chi connectivity index (χ2n) is 6.21. The molecule has 5 nitrogen and oxygen atoms in total. The van der Waals surface area contributed by atoms with Crippen molar-refractivity contribution in [3.05, 3.63) is 42.5 Å². The van der Waals surface area contributed by atoms with Gasteiger partial charge < -0.3 is 10.6 Å². The number of hydrogen-bond donors (Lipinski definition) is 2. The Hall–Kier alpha value is -2.37. The van der Waals surface area contributed by atoms with Gasteiger partial charge in [-0.25, -0.2) is 4.39 Å². The zero-order valence-corrected chi connectivity index (χ0v) is 13.2. The highest BCUT2D eigenvalue weighted by Gasteiger charge is 2.17. The van der Waals surface area contributed by atoms with Crippen molar-refractivity contribution >= 4 is 17.3 Å². The number of amides is 1. The summed E-state index contributed by atoms with van der Waals surface area (Å²) in [5.74, 6) is -0.626. The maximum atomic E-state index is 13.1. The lowest BCUT2D eigenvalue weighted by atomic mass is 10.1. The Kier molecular flexibility index (Phi) is 4.49. The molecule has 0 aliphatic heterocycles. The van der Waals surface area contributed by atoms with Crippen LogP contribution in [0, 0.1) is 5.82 Å². The Morgan fingerprint density at radius 2 is 2.05 bits per heavy atom. The van der Waals surface area contributed by atoms with Crippen LogP contribution in [-0.2, 0) is 10.3 Å². The van der Waals surface area contributed by atoms with Crippen molar-refractivity contribution in [3.63, 3.8) is 0 Å². The smallest absolute Gasteiger partial charge is 0.246 e. The van der Waals surface area contributed by atoms with E-state index in [1.165, 1.54) is 12.1 Å². The van der Waals surface area contributed by atoms with E-state index in [9.17, 15) is 9.18 Å². The third-order valence-corrected chi connectivity index (χ3v) is 3.14. The number of halogens is 1. The highest BCUT2D eigenvalue weighted by atomic mass is 19.1. The van der Waals surface area contributed by atoms with Gasteiger partial charge in [-0.1, -0.05) is 6.07 Å². The van der Waals surface area contributed by atoms with Crippen LogP contribution in [-0.4, -0.2) is 21.7 Å². The summed E-state index contributed by atoms with van der Waals surface area (Å²) in [6.45, 7) is 7.88. The number of carbonyl (C=O) groups excluding carboxylic acids is 1. The first-order valence-corrected chi connectivity index (χ1v) is 7.14. The van der Waals surface area contributed by atoms with Gasteiger partial charge in [0.1, 0.15) is 11.9 Å². The SMILES string of the molecule is C[C@@H](Nc1cnn(C(C)(C)C)c1)C(=O)Nc1cccc(F)c1. The van der Waals surface area contributed by atoms with E-state index in [0.717, 1.165) is 5.69 Å². The second kappa shape index (κ2) is 6.17. The molecular weight excluding hydrogens is 283 g/mol. The molecule has 0 bridgehead atoms. The summed E-state index contributed by atoms with van der Waals surface area (Å²) in [6, 6.07) is 5.34. The molecule has 1 amide bonds. The molecule has 1 atom stereocenters. The Morgan fingerprint density at radius 1 is 1.32 bits per heavy atom. The number of hydrogen-bond acceptors (Lipinski definition) is 3. The molecule has 1 heterocycles. The molecular formula is C16H21FN4O. The lowest BCUT2D eigenvalue weighted by Gasteiger charge is -2.19. The predicted molar refractivity (Wildman–Crippen MR) is 85.3 cm³/mol. The van der Waals surface area contributed by atoms with Crippen molar-refractivity contribution in [1.82, 2.24) is 9.78 Å². The first-order chi connectivity index (χ1) is 10.3. The van der Waals surface area contributed by atoms with E-state index in [4.69, 9.17) is 0 Å². The maximum absolute atomic E-state index is 13.1. The van der Waals surface area contributed by atoms with E-state index in [-0.39, 0.29) is 17.3 Å². The van der Waals surface area contributed by atoms with Gasteiger partial charge in [-0.05, 0) is 45.9 Å². The van der Waals surface area contributed by atoms with Gasteiger partial charge in [0.2, 0.25) is 5.91 Å². The first-order valence-electron chi connectivity index (χ1n) is 7.14. The van der Waals surface area contributed by atoms with Crippen molar-refractivity contribution in [2.24, 2.45) is 0 Å². The van der Waals surface area contributed by atoms with Crippen molar-refractivity contribution in [1.29, 1.82) is 0 Å². The Morgan fingerprint density at radius 3 is 2.64 bits per heavy atom. The summed E-state index contributed by atoms with van der Waals surface area (Å²) >= 11 is 0. The fourth-order valence-corrected chi connectivity index (χ4v) is 1.90. The Bertz CT molecular complexity index is 660. The van der Waals surface area contributed by atoms with Crippen molar-refractivity contribution in [2.45, 2.75) is 39.3 Å². The van der Waals surface area contributed by atoms with E-state index in [1.54, 1.807) is 25.3 Å². The molecule has 0 spiro atoms. The largest absolute Gasteiger partial charge is 0.371 e. The summed E-state index contributed by atoms with van der Waals surface area (Å²) in [4.78, 5) is 12.1. The van der Waals surface area contributed by atoms with Crippen LogP contribution in [0.2, 0.25) is 0 Å². The molecule has 0 aliphatic carbocycles. The number of nitrogens with zero attached hydrogens (tertiary/aromatic N) is 2. The maximum Gasteiger partial charge on any atom is 0.246 e. The van der Waals surface area contributed by atoms with Gasteiger partial charge in [0.05, 0.1) is 17.4 Å². The van der Waals surface area contributed by atoms with E-state index in [1.807, 2.05) is 31.6 Å². The van der Waals surface area contributed by atoms with Gasteiger partial charge in [-0.15, -0.1) is 0 Å². The average molecular weight is 304 g/mol. The fourth-order valence-electron chi connectivity index (χ4n) is 1.90. The Balaban J connectivity index is 1.98. The van der Waals surface area contributed by atoms with E-state index in [2.05, 4.69) is 15.7 Å². The summed E-state index contributed by atoms with van der Waals surface area (Å²) in [5, 5.41) is 10.0. The van der Waals surface area contributed by atoms with Crippen molar-refractivity contribution in [3.8, 4) is 0 Å². The summed E-state index contributed by atoms with van der Waals surface area (Å²) in [7, 11) is 0. The van der Waals surface area contributed by atoms with Gasteiger partial charge in [-0.2, -0.15) is 5.10 Å². The number of aromatic nitrogens is 2. The minimum Gasteiger partial charge on any atom is -0.371 e. The first kappa shape index (κ1) is 16.0. The monoisotopic (exact) mass is 304 g/mol. The molecule has 6 heteroatoms. The van der Waals surface area contributed by atoms with E-state index < -0.39 is 6.04 Å². The standard InChI is InChI=1S/C16H21FN4O/c1-11(15(22)20-13-7-5-6-12(17)8-13)19-14-9-18-21(10-14)16(2,3)4/h5-11,19H,1-4H3,(H,20,22)/t11-/m1/s1. The Labute approximate surface area is 129 Å². The average Bonchev–Trinajstić information content (AvgIpc) is 2.87. The fraction of sp³-hybridized carbons (Fsp3) is 0.375. The molecule has 2 N–H and O–H groups in total. The van der Waals surface area contributed by atoms with Gasteiger partial charge in [0.15, 0.2) is 0 Å². The molecule has 0 saturated carbocycles. The molecule has 0 saturated heterocycles. The van der Waals surface area contributed by atoms with E-state index in [0.29, 0.717) is 5.69 Å². The van der Waals surface area contributed by atoms with Crippen LogP contribution < -0.4 is 10.6 Å². The second-order valence-corrected chi connectivity index (χ2v) is 6.21. The highest BCUT2D eigenvalue weighted by Crippen LogP contribution is 2.17. The quantitative estimate of drug-likeness (QED) is 0.912. The lowest BCUT2D eigenvalue weighted by molar-refractivity contribution is -0.116. The minimum absolute atomic E-state index is 0.118. The molecule has 0 fully saturated rings. The van der Waals surface area contributed by atoms with Gasteiger partial charge in [-0.3, -0.25) is 9.48 Å². The van der Waals surface area contributed by atoms with E-state index >= 15 is 0 Å². The van der Waals surface area contributed by atoms with Crippen LogP contribution in [0.25, 0.3) is 0 Å². The molecule has 2 aromatic rings. The number of rotatable bonds is 4. The molecule has 22 heavy (non-hydrogen) atoms. The third-order valence-electron chi connectivity index (χ3n) is 3.14. The van der Waals surface area contributed by atoms with Crippen LogP contribution in [0.4, 0.5) is 15.8 Å². The van der Waals surface area contributed by atoms with Crippen LogP contribution in [0.5, 0.6) is 0 Å². The number of carbonyl (C=O) groups is 1. The minimum atomic E-state index is -0.471. The van der Waals surface area contributed by atoms with Crippen LogP contribution >= 0.6 is 0 Å². The van der Waals surface area contributed by atoms with Crippen LogP contribution in [0.15, 0.2) is 36.7 Å². The molecule has 0 aliphatic rings. The van der Waals surface area contributed by atoms with Crippen molar-refractivity contribution < 1.29 is 9.18 Å². The zero-order chi connectivity index (χ0) is 16.3. The molecule has 0 unspecified atom stereocenters. The van der Waals surface area contributed by atoms with Gasteiger partial charge >= 0.3 is 0 Å². The third kappa shape index (κ3) is 4.07. The number of nitrogens with one attached hydrogen (secondary N) is 2. The molecule has 1 aromatic carbocycles. The number of benzene rings is 1. The summed E-state index contributed by atoms with van der Waals surface area (Å²) < 4.78 is 14.9.